The zero-order valence-corrected chi connectivity index (χ0v) is 11.3. The van der Waals surface area contributed by atoms with Crippen molar-refractivity contribution in [3.05, 3.63) is 23.8 Å². The Morgan fingerprint density at radius 3 is 2.65 bits per heavy atom. The van der Waals surface area contributed by atoms with Crippen LogP contribution in [0.3, 0.4) is 0 Å². The quantitative estimate of drug-likeness (QED) is 0.884. The molecule has 1 N–H and O–H groups in total. The van der Waals surface area contributed by atoms with E-state index in [9.17, 15) is 5.11 Å². The van der Waals surface area contributed by atoms with Crippen molar-refractivity contribution < 1.29 is 9.84 Å². The van der Waals surface area contributed by atoms with Crippen molar-refractivity contribution in [2.75, 3.05) is 7.11 Å². The number of ether oxygens (including phenoxy) is 1. The normalized spacial score (nSPS) is 18.3. The second-order valence-corrected chi connectivity index (χ2v) is 5.91. The highest BCUT2D eigenvalue weighted by molar-refractivity contribution is 8.00. The molecule has 17 heavy (non-hydrogen) atoms. The van der Waals surface area contributed by atoms with Crippen LogP contribution in [0.2, 0.25) is 0 Å². The lowest BCUT2D eigenvalue weighted by Gasteiger charge is -2.17. The number of methoxy groups -OCH3 is 1. The molecule has 1 aromatic rings. The van der Waals surface area contributed by atoms with Gasteiger partial charge < -0.3 is 9.84 Å². The summed E-state index contributed by atoms with van der Waals surface area (Å²) in [5, 5.41) is 10.6. The third kappa shape index (κ3) is 2.96. The third-order valence-electron chi connectivity index (χ3n) is 3.26. The van der Waals surface area contributed by atoms with Crippen LogP contribution in [-0.4, -0.2) is 17.5 Å². The summed E-state index contributed by atoms with van der Waals surface area (Å²) in [4.78, 5) is 1.17. The number of benzene rings is 1. The molecule has 0 spiro atoms. The number of aliphatic hydroxyl groups excluding tert-OH is 1. The minimum absolute atomic E-state index is 0.477. The van der Waals surface area contributed by atoms with Gasteiger partial charge in [-0.25, -0.2) is 0 Å². The smallest absolute Gasteiger partial charge is 0.125 e. The fraction of sp³-hybridized carbons (Fsp3) is 0.571. The summed E-state index contributed by atoms with van der Waals surface area (Å²) in [7, 11) is 1.66. The Morgan fingerprint density at radius 1 is 1.35 bits per heavy atom. The molecule has 1 fully saturated rings. The van der Waals surface area contributed by atoms with Gasteiger partial charge in [-0.2, -0.15) is 0 Å². The predicted octanol–water partition coefficient (Wildman–Crippen LogP) is 3.78. The summed E-state index contributed by atoms with van der Waals surface area (Å²) in [6.45, 7) is 1.80. The Labute approximate surface area is 107 Å². The molecule has 0 aliphatic heterocycles. The molecule has 94 valence electrons. The average molecular weight is 252 g/mol. The maximum Gasteiger partial charge on any atom is 0.125 e. The van der Waals surface area contributed by atoms with E-state index >= 15 is 0 Å². The van der Waals surface area contributed by atoms with Crippen LogP contribution in [0.1, 0.15) is 44.3 Å². The number of hydrogen-bond donors (Lipinski definition) is 1. The first-order valence-corrected chi connectivity index (χ1v) is 7.12. The van der Waals surface area contributed by atoms with E-state index in [1.807, 2.05) is 23.9 Å². The summed E-state index contributed by atoms with van der Waals surface area (Å²) in [6.07, 6.45) is 4.79. The molecule has 2 rings (SSSR count). The fourth-order valence-electron chi connectivity index (χ4n) is 2.40. The van der Waals surface area contributed by atoms with Gasteiger partial charge in [0.15, 0.2) is 0 Å². The molecule has 0 radical (unpaired) electrons. The van der Waals surface area contributed by atoms with E-state index in [2.05, 4.69) is 6.07 Å². The molecular formula is C14H20O2S. The number of aliphatic hydroxyl groups is 1. The van der Waals surface area contributed by atoms with Crippen molar-refractivity contribution in [3.63, 3.8) is 0 Å². The highest BCUT2D eigenvalue weighted by Crippen LogP contribution is 2.40. The van der Waals surface area contributed by atoms with E-state index in [1.54, 1.807) is 14.0 Å². The molecule has 1 aliphatic carbocycles. The molecule has 0 aromatic heterocycles. The summed E-state index contributed by atoms with van der Waals surface area (Å²) in [5.41, 5.74) is 0.937. The van der Waals surface area contributed by atoms with E-state index in [1.165, 1.54) is 30.6 Å². The van der Waals surface area contributed by atoms with Crippen molar-refractivity contribution in [2.45, 2.75) is 48.9 Å². The molecule has 0 bridgehead atoms. The number of rotatable bonds is 4. The van der Waals surface area contributed by atoms with Crippen LogP contribution >= 0.6 is 11.8 Å². The van der Waals surface area contributed by atoms with Gasteiger partial charge in [-0.3, -0.25) is 0 Å². The van der Waals surface area contributed by atoms with E-state index in [0.717, 1.165) is 11.3 Å². The van der Waals surface area contributed by atoms with Crippen molar-refractivity contribution in [2.24, 2.45) is 0 Å². The van der Waals surface area contributed by atoms with Gasteiger partial charge >= 0.3 is 0 Å². The lowest BCUT2D eigenvalue weighted by Crippen LogP contribution is -2.01. The maximum atomic E-state index is 9.90. The van der Waals surface area contributed by atoms with Crippen LogP contribution in [0.4, 0.5) is 0 Å². The van der Waals surface area contributed by atoms with Gasteiger partial charge in [-0.05, 0) is 31.9 Å². The zero-order valence-electron chi connectivity index (χ0n) is 10.5. The summed E-state index contributed by atoms with van der Waals surface area (Å²) < 4.78 is 5.34. The van der Waals surface area contributed by atoms with E-state index in [-0.39, 0.29) is 0 Å². The molecule has 0 unspecified atom stereocenters. The minimum Gasteiger partial charge on any atom is -0.496 e. The van der Waals surface area contributed by atoms with Crippen LogP contribution in [0, 0.1) is 0 Å². The van der Waals surface area contributed by atoms with Gasteiger partial charge in [-0.15, -0.1) is 11.8 Å². The molecule has 2 nitrogen and oxygen atoms in total. The Morgan fingerprint density at radius 2 is 2.06 bits per heavy atom. The third-order valence-corrected chi connectivity index (χ3v) is 4.67. The lowest BCUT2D eigenvalue weighted by molar-refractivity contribution is 0.191. The van der Waals surface area contributed by atoms with Crippen molar-refractivity contribution in [1.82, 2.24) is 0 Å². The highest BCUT2D eigenvalue weighted by Gasteiger charge is 2.20. The SMILES string of the molecule is COc1cccc(SC2CCCC2)c1[C@@H](C)O. The molecule has 1 aliphatic rings. The van der Waals surface area contributed by atoms with Crippen LogP contribution in [-0.2, 0) is 0 Å². The lowest BCUT2D eigenvalue weighted by atomic mass is 10.1. The van der Waals surface area contributed by atoms with Gasteiger partial charge in [0.2, 0.25) is 0 Å². The largest absolute Gasteiger partial charge is 0.496 e. The topological polar surface area (TPSA) is 29.5 Å². The fourth-order valence-corrected chi connectivity index (χ4v) is 3.89. The van der Waals surface area contributed by atoms with Crippen molar-refractivity contribution in [1.29, 1.82) is 0 Å². The Balaban J connectivity index is 2.25. The summed E-state index contributed by atoms with van der Waals surface area (Å²) in [6, 6.07) is 6.01. The monoisotopic (exact) mass is 252 g/mol. The molecule has 1 aromatic carbocycles. The second kappa shape index (κ2) is 5.78. The number of hydrogen-bond acceptors (Lipinski definition) is 3. The van der Waals surface area contributed by atoms with Crippen LogP contribution < -0.4 is 4.74 Å². The Kier molecular flexibility index (Phi) is 4.35. The molecule has 0 amide bonds. The van der Waals surface area contributed by atoms with Crippen LogP contribution in [0.25, 0.3) is 0 Å². The summed E-state index contributed by atoms with van der Waals surface area (Å²) in [5.74, 6) is 0.794. The first-order valence-electron chi connectivity index (χ1n) is 6.24. The minimum atomic E-state index is -0.477. The highest BCUT2D eigenvalue weighted by atomic mass is 32.2. The van der Waals surface area contributed by atoms with Gasteiger partial charge in [-0.1, -0.05) is 18.9 Å². The second-order valence-electron chi connectivity index (χ2n) is 4.57. The van der Waals surface area contributed by atoms with Crippen LogP contribution in [0.15, 0.2) is 23.1 Å². The van der Waals surface area contributed by atoms with E-state index in [0.29, 0.717) is 5.25 Å². The van der Waals surface area contributed by atoms with Gasteiger partial charge in [0, 0.05) is 15.7 Å². The molecule has 1 atom stereocenters. The summed E-state index contributed by atoms with van der Waals surface area (Å²) >= 11 is 1.90. The molecule has 1 saturated carbocycles. The number of thioether (sulfide) groups is 1. The average Bonchev–Trinajstić information content (AvgIpc) is 2.81. The molecular weight excluding hydrogens is 232 g/mol. The molecule has 0 saturated heterocycles. The first kappa shape index (κ1) is 12.8. The van der Waals surface area contributed by atoms with E-state index < -0.39 is 6.10 Å². The first-order chi connectivity index (χ1) is 8.22. The maximum absolute atomic E-state index is 9.90. The predicted molar refractivity (Wildman–Crippen MR) is 71.7 cm³/mol. The van der Waals surface area contributed by atoms with Gasteiger partial charge in [0.05, 0.1) is 13.2 Å². The van der Waals surface area contributed by atoms with Crippen LogP contribution in [0.5, 0.6) is 5.75 Å². The standard InChI is InChI=1S/C14H20O2S/c1-10(15)14-12(16-2)8-5-9-13(14)17-11-6-3-4-7-11/h5,8-11,15H,3-4,6-7H2,1-2H3/t10-/m1/s1. The van der Waals surface area contributed by atoms with Gasteiger partial charge in [0.25, 0.3) is 0 Å². The Bertz CT molecular complexity index is 370. The van der Waals surface area contributed by atoms with Crippen molar-refractivity contribution >= 4 is 11.8 Å². The van der Waals surface area contributed by atoms with E-state index in [4.69, 9.17) is 4.74 Å². The van der Waals surface area contributed by atoms with Crippen molar-refractivity contribution in [3.8, 4) is 5.75 Å². The molecule has 3 heteroatoms. The molecule has 0 heterocycles. The Hall–Kier alpha value is -0.670. The zero-order chi connectivity index (χ0) is 12.3. The van der Waals surface area contributed by atoms with Gasteiger partial charge in [0.1, 0.15) is 5.75 Å².